The van der Waals surface area contributed by atoms with E-state index in [9.17, 15) is 0 Å². The van der Waals surface area contributed by atoms with E-state index in [1.165, 1.54) is 24.0 Å². The molecule has 0 bridgehead atoms. The second-order valence-corrected chi connectivity index (χ2v) is 7.22. The van der Waals surface area contributed by atoms with Crippen LogP contribution < -0.4 is 15.4 Å². The molecule has 1 unspecified atom stereocenters. The molecule has 0 saturated carbocycles. The molecule has 0 amide bonds. The van der Waals surface area contributed by atoms with Crippen LogP contribution in [0.4, 0.5) is 0 Å². The van der Waals surface area contributed by atoms with E-state index in [2.05, 4.69) is 45.6 Å². The van der Waals surface area contributed by atoms with E-state index in [4.69, 9.17) is 9.15 Å². The Kier molecular flexibility index (Phi) is 9.80. The highest BCUT2D eigenvalue weighted by molar-refractivity contribution is 14.0. The van der Waals surface area contributed by atoms with Crippen LogP contribution in [0.25, 0.3) is 0 Å². The summed E-state index contributed by atoms with van der Waals surface area (Å²) in [7, 11) is 3.52. The minimum Gasteiger partial charge on any atom is -0.496 e. The van der Waals surface area contributed by atoms with Crippen LogP contribution in [0.3, 0.4) is 0 Å². The summed E-state index contributed by atoms with van der Waals surface area (Å²) in [6.07, 6.45) is 5.13. The van der Waals surface area contributed by atoms with E-state index < -0.39 is 0 Å². The number of halogens is 1. The molecule has 1 saturated heterocycles. The van der Waals surface area contributed by atoms with Crippen molar-refractivity contribution >= 4 is 29.9 Å². The number of benzene rings is 1. The number of rotatable bonds is 8. The van der Waals surface area contributed by atoms with Gasteiger partial charge in [-0.3, -0.25) is 9.89 Å². The van der Waals surface area contributed by atoms with Crippen LogP contribution in [0, 0.1) is 6.92 Å². The molecule has 1 aromatic heterocycles. The molecular weight excluding hydrogens is 479 g/mol. The van der Waals surface area contributed by atoms with Crippen LogP contribution in [-0.2, 0) is 6.42 Å². The van der Waals surface area contributed by atoms with E-state index in [0.29, 0.717) is 0 Å². The van der Waals surface area contributed by atoms with E-state index in [1.807, 2.05) is 12.1 Å². The Hall–Kier alpha value is -1.74. The lowest BCUT2D eigenvalue weighted by molar-refractivity contribution is 0.215. The first-order valence-corrected chi connectivity index (χ1v) is 10.1. The summed E-state index contributed by atoms with van der Waals surface area (Å²) in [5.74, 6) is 2.75. The standard InChI is InChI=1S/C22H32N4O2.HI/c1-17-8-9-20(27-3)18(15-17)10-11-24-22(23-2)25-16-19(21-7-6-14-28-21)26-12-4-5-13-26;/h6-9,14-15,19H,4-5,10-13,16H2,1-3H3,(H2,23,24,25);1H. The third kappa shape index (κ3) is 6.64. The summed E-state index contributed by atoms with van der Waals surface area (Å²) in [6, 6.07) is 10.5. The third-order valence-corrected chi connectivity index (χ3v) is 5.26. The maximum Gasteiger partial charge on any atom is 0.191 e. The molecular formula is C22H33IN4O2. The minimum absolute atomic E-state index is 0. The van der Waals surface area contributed by atoms with E-state index in [0.717, 1.165) is 50.1 Å². The van der Waals surface area contributed by atoms with Crippen molar-refractivity contribution in [2.75, 3.05) is 40.3 Å². The zero-order valence-corrected chi connectivity index (χ0v) is 19.9. The molecule has 1 atom stereocenters. The second kappa shape index (κ2) is 12.1. The summed E-state index contributed by atoms with van der Waals surface area (Å²) < 4.78 is 11.2. The number of hydrogen-bond acceptors (Lipinski definition) is 4. The number of furan rings is 1. The number of nitrogens with zero attached hydrogens (tertiary/aromatic N) is 2. The Labute approximate surface area is 191 Å². The van der Waals surface area contributed by atoms with Crippen molar-refractivity contribution in [2.24, 2.45) is 4.99 Å². The van der Waals surface area contributed by atoms with Crippen LogP contribution in [0.5, 0.6) is 5.75 Å². The lowest BCUT2D eigenvalue weighted by Gasteiger charge is -2.26. The van der Waals surface area contributed by atoms with Crippen molar-refractivity contribution in [3.05, 3.63) is 53.5 Å². The minimum atomic E-state index is 0. The molecule has 2 N–H and O–H groups in total. The maximum atomic E-state index is 5.69. The number of likely N-dealkylation sites (tertiary alicyclic amines) is 1. The Morgan fingerprint density at radius 1 is 1.24 bits per heavy atom. The first-order valence-electron chi connectivity index (χ1n) is 10.1. The topological polar surface area (TPSA) is 62.0 Å². The number of guanidine groups is 1. The van der Waals surface area contributed by atoms with Crippen molar-refractivity contribution in [1.29, 1.82) is 0 Å². The first kappa shape index (κ1) is 23.5. The van der Waals surface area contributed by atoms with Gasteiger partial charge in [0.15, 0.2) is 5.96 Å². The summed E-state index contributed by atoms with van der Waals surface area (Å²) in [6.45, 7) is 5.89. The van der Waals surface area contributed by atoms with Crippen LogP contribution in [0.2, 0.25) is 0 Å². The van der Waals surface area contributed by atoms with Gasteiger partial charge in [0.25, 0.3) is 0 Å². The average Bonchev–Trinajstić information content (AvgIpc) is 3.42. The number of methoxy groups -OCH3 is 1. The molecule has 6 nitrogen and oxygen atoms in total. The quantitative estimate of drug-likeness (QED) is 0.321. The summed E-state index contributed by atoms with van der Waals surface area (Å²) in [5, 5.41) is 6.88. The zero-order chi connectivity index (χ0) is 19.8. The molecule has 0 spiro atoms. The molecule has 1 aliphatic heterocycles. The average molecular weight is 512 g/mol. The van der Waals surface area contributed by atoms with Crippen molar-refractivity contribution in [2.45, 2.75) is 32.2 Å². The van der Waals surface area contributed by atoms with Gasteiger partial charge in [0.2, 0.25) is 0 Å². The van der Waals surface area contributed by atoms with E-state index >= 15 is 0 Å². The maximum absolute atomic E-state index is 5.69. The van der Waals surface area contributed by atoms with Gasteiger partial charge in [-0.25, -0.2) is 0 Å². The largest absolute Gasteiger partial charge is 0.496 e. The van der Waals surface area contributed by atoms with Crippen LogP contribution in [-0.4, -0.2) is 51.2 Å². The van der Waals surface area contributed by atoms with Gasteiger partial charge < -0.3 is 19.8 Å². The molecule has 3 rings (SSSR count). The van der Waals surface area contributed by atoms with Gasteiger partial charge in [-0.15, -0.1) is 24.0 Å². The lowest BCUT2D eigenvalue weighted by Crippen LogP contribution is -2.43. The zero-order valence-electron chi connectivity index (χ0n) is 17.6. The molecule has 0 radical (unpaired) electrons. The van der Waals surface area contributed by atoms with Crippen LogP contribution in [0.15, 0.2) is 46.0 Å². The SMILES string of the molecule is CN=C(NCCc1cc(C)ccc1OC)NCC(c1ccco1)N1CCCC1.I. The highest BCUT2D eigenvalue weighted by Crippen LogP contribution is 2.25. The van der Waals surface area contributed by atoms with E-state index in [-0.39, 0.29) is 30.0 Å². The summed E-state index contributed by atoms with van der Waals surface area (Å²) in [5.41, 5.74) is 2.45. The lowest BCUT2D eigenvalue weighted by atomic mass is 10.1. The van der Waals surface area contributed by atoms with Crippen molar-refractivity contribution in [1.82, 2.24) is 15.5 Å². The van der Waals surface area contributed by atoms with Gasteiger partial charge in [0.05, 0.1) is 19.4 Å². The Bertz CT molecular complexity index is 758. The van der Waals surface area contributed by atoms with Crippen molar-refractivity contribution < 1.29 is 9.15 Å². The molecule has 2 heterocycles. The fourth-order valence-electron chi connectivity index (χ4n) is 3.78. The summed E-state index contributed by atoms with van der Waals surface area (Å²) >= 11 is 0. The monoisotopic (exact) mass is 512 g/mol. The predicted octanol–water partition coefficient (Wildman–Crippen LogP) is 3.76. The molecule has 1 fully saturated rings. The number of hydrogen-bond donors (Lipinski definition) is 2. The fourth-order valence-corrected chi connectivity index (χ4v) is 3.78. The van der Waals surface area contributed by atoms with Gasteiger partial charge in [0, 0.05) is 20.1 Å². The predicted molar refractivity (Wildman–Crippen MR) is 128 cm³/mol. The van der Waals surface area contributed by atoms with Crippen LogP contribution in [0.1, 0.15) is 35.8 Å². The first-order chi connectivity index (χ1) is 13.7. The molecule has 7 heteroatoms. The second-order valence-electron chi connectivity index (χ2n) is 7.22. The van der Waals surface area contributed by atoms with Crippen molar-refractivity contribution in [3.8, 4) is 5.75 Å². The van der Waals surface area contributed by atoms with Gasteiger partial charge in [0.1, 0.15) is 11.5 Å². The smallest absolute Gasteiger partial charge is 0.191 e. The van der Waals surface area contributed by atoms with Crippen LogP contribution >= 0.6 is 24.0 Å². The van der Waals surface area contributed by atoms with Gasteiger partial charge in [-0.05, 0) is 63.0 Å². The molecule has 2 aromatic rings. The molecule has 160 valence electrons. The highest BCUT2D eigenvalue weighted by atomic mass is 127. The number of nitrogens with one attached hydrogen (secondary N) is 2. The van der Waals surface area contributed by atoms with Gasteiger partial charge >= 0.3 is 0 Å². The van der Waals surface area contributed by atoms with Gasteiger partial charge in [-0.1, -0.05) is 17.7 Å². The molecule has 0 aliphatic carbocycles. The highest BCUT2D eigenvalue weighted by Gasteiger charge is 2.25. The van der Waals surface area contributed by atoms with Crippen molar-refractivity contribution in [3.63, 3.8) is 0 Å². The molecule has 29 heavy (non-hydrogen) atoms. The molecule has 1 aromatic carbocycles. The molecule has 1 aliphatic rings. The van der Waals surface area contributed by atoms with E-state index in [1.54, 1.807) is 20.4 Å². The Balaban J connectivity index is 0.00000300. The third-order valence-electron chi connectivity index (χ3n) is 5.26. The summed E-state index contributed by atoms with van der Waals surface area (Å²) in [4.78, 5) is 6.86. The fraction of sp³-hybridized carbons (Fsp3) is 0.500. The Morgan fingerprint density at radius 2 is 2.03 bits per heavy atom. The van der Waals surface area contributed by atoms with Gasteiger partial charge in [-0.2, -0.15) is 0 Å². The number of aliphatic imine (C=N–C) groups is 1. The normalized spacial score (nSPS) is 15.6. The Morgan fingerprint density at radius 3 is 2.69 bits per heavy atom. The number of ether oxygens (including phenoxy) is 1. The number of aryl methyl sites for hydroxylation is 1.